The maximum atomic E-state index is 15.3. The number of nitrogens with zero attached hydrogens (tertiary/aromatic N) is 2. The molecule has 2 fully saturated rings. The van der Waals surface area contributed by atoms with E-state index in [2.05, 4.69) is 9.88 Å². The van der Waals surface area contributed by atoms with E-state index >= 15 is 4.39 Å². The summed E-state index contributed by atoms with van der Waals surface area (Å²) in [5, 5.41) is 10.6. The molecule has 1 saturated heterocycles. The van der Waals surface area contributed by atoms with E-state index in [4.69, 9.17) is 4.74 Å². The van der Waals surface area contributed by atoms with E-state index in [1.165, 1.54) is 32.1 Å². The molecule has 4 rings (SSSR count). The Bertz CT molecular complexity index is 915. The number of carboxylic acid groups (broad SMARTS) is 1. The standard InChI is InChI=1S/C26H35FN2O3/c1-32-20-7-9-25-22(16-20)21(10-13-28-25)24(27)8-6-19-12-15-29(17-23(19)26(30)31)14-11-18-4-2-3-5-18/h7,9-10,13,16,18-19,23-24H,2-6,8,11-12,14-15,17H2,1H3,(H,30,31)/t19-,23+,24+/m1/s1. The van der Waals surface area contributed by atoms with E-state index in [-0.39, 0.29) is 5.92 Å². The molecule has 6 heteroatoms. The fourth-order valence-electron chi connectivity index (χ4n) is 5.62. The van der Waals surface area contributed by atoms with Crippen LogP contribution in [0.4, 0.5) is 4.39 Å². The first-order chi connectivity index (χ1) is 15.5. The van der Waals surface area contributed by atoms with Gasteiger partial charge in [0.15, 0.2) is 0 Å². The normalized spacial score (nSPS) is 23.4. The SMILES string of the molecule is COc1ccc2nccc([C@@H](F)CC[C@@H]3CCN(CCC4CCCC4)C[C@@H]3C(=O)O)c2c1. The molecule has 1 aromatic carbocycles. The lowest BCUT2D eigenvalue weighted by Crippen LogP contribution is -2.44. The quantitative estimate of drug-likeness (QED) is 0.545. The molecule has 0 spiro atoms. The Morgan fingerprint density at radius 2 is 2.06 bits per heavy atom. The zero-order valence-corrected chi connectivity index (χ0v) is 19.0. The average molecular weight is 443 g/mol. The maximum Gasteiger partial charge on any atom is 0.308 e. The van der Waals surface area contributed by atoms with Gasteiger partial charge in [-0.05, 0) is 80.4 Å². The van der Waals surface area contributed by atoms with Crippen LogP contribution in [0.2, 0.25) is 0 Å². The smallest absolute Gasteiger partial charge is 0.308 e. The summed E-state index contributed by atoms with van der Waals surface area (Å²) in [7, 11) is 1.59. The number of aromatic nitrogens is 1. The lowest BCUT2D eigenvalue weighted by atomic mass is 9.81. The topological polar surface area (TPSA) is 62.7 Å². The summed E-state index contributed by atoms with van der Waals surface area (Å²) in [6.07, 6.45) is 8.75. The number of pyridine rings is 1. The predicted octanol–water partition coefficient (Wildman–Crippen LogP) is 5.64. The number of carbonyl (C=O) groups is 1. The maximum absolute atomic E-state index is 15.3. The second-order valence-corrected chi connectivity index (χ2v) is 9.56. The Morgan fingerprint density at radius 3 is 2.81 bits per heavy atom. The Morgan fingerprint density at radius 1 is 1.25 bits per heavy atom. The number of hydrogen-bond acceptors (Lipinski definition) is 4. The van der Waals surface area contributed by atoms with Crippen LogP contribution < -0.4 is 4.74 Å². The number of aliphatic carboxylic acids is 1. The highest BCUT2D eigenvalue weighted by Crippen LogP contribution is 2.36. The Labute approximate surface area is 190 Å². The van der Waals surface area contributed by atoms with Crippen LogP contribution in [-0.2, 0) is 4.79 Å². The van der Waals surface area contributed by atoms with Crippen LogP contribution in [0.15, 0.2) is 30.5 Å². The van der Waals surface area contributed by atoms with Crippen molar-refractivity contribution in [1.82, 2.24) is 9.88 Å². The molecule has 1 N–H and O–H groups in total. The van der Waals surface area contributed by atoms with Gasteiger partial charge in [0, 0.05) is 18.1 Å². The second-order valence-electron chi connectivity index (χ2n) is 9.56. The number of methoxy groups -OCH3 is 1. The highest BCUT2D eigenvalue weighted by atomic mass is 19.1. The van der Waals surface area contributed by atoms with Gasteiger partial charge in [0.1, 0.15) is 11.9 Å². The molecular formula is C26H35FN2O3. The number of rotatable bonds is 9. The minimum atomic E-state index is -1.15. The van der Waals surface area contributed by atoms with E-state index in [0.717, 1.165) is 36.3 Å². The van der Waals surface area contributed by atoms with Crippen molar-refractivity contribution in [2.45, 2.75) is 57.5 Å². The average Bonchev–Trinajstić information content (AvgIpc) is 3.34. The molecule has 0 radical (unpaired) electrons. The zero-order valence-electron chi connectivity index (χ0n) is 19.0. The lowest BCUT2D eigenvalue weighted by Gasteiger charge is -2.37. The van der Waals surface area contributed by atoms with Crippen LogP contribution >= 0.6 is 0 Å². The first-order valence-electron chi connectivity index (χ1n) is 12.1. The van der Waals surface area contributed by atoms with Gasteiger partial charge in [0.25, 0.3) is 0 Å². The van der Waals surface area contributed by atoms with Crippen molar-refractivity contribution in [3.8, 4) is 5.75 Å². The van der Waals surface area contributed by atoms with Crippen LogP contribution in [0.5, 0.6) is 5.75 Å². The molecule has 1 aliphatic carbocycles. The van der Waals surface area contributed by atoms with Crippen molar-refractivity contribution in [2.75, 3.05) is 26.7 Å². The second kappa shape index (κ2) is 10.6. The monoisotopic (exact) mass is 442 g/mol. The van der Waals surface area contributed by atoms with Crippen molar-refractivity contribution in [1.29, 1.82) is 0 Å². The third-order valence-electron chi connectivity index (χ3n) is 7.60. The Hall–Kier alpha value is -2.21. The van der Waals surface area contributed by atoms with Crippen molar-refractivity contribution in [3.05, 3.63) is 36.0 Å². The minimum absolute atomic E-state index is 0.0242. The van der Waals surface area contributed by atoms with E-state index in [1.807, 2.05) is 18.2 Å². The summed E-state index contributed by atoms with van der Waals surface area (Å²) in [6.45, 7) is 2.52. The number of benzene rings is 1. The van der Waals surface area contributed by atoms with Crippen LogP contribution in [0.1, 0.15) is 63.1 Å². The van der Waals surface area contributed by atoms with E-state index in [1.54, 1.807) is 19.4 Å². The molecule has 1 saturated carbocycles. The molecule has 1 aromatic heterocycles. The lowest BCUT2D eigenvalue weighted by molar-refractivity contribution is -0.146. The molecular weight excluding hydrogens is 407 g/mol. The molecule has 174 valence electrons. The number of alkyl halides is 1. The zero-order chi connectivity index (χ0) is 22.5. The summed E-state index contributed by atoms with van der Waals surface area (Å²) in [6, 6.07) is 7.22. The summed E-state index contributed by atoms with van der Waals surface area (Å²) in [5.74, 6) is 0.368. The van der Waals surface area contributed by atoms with Gasteiger partial charge >= 0.3 is 5.97 Å². The third kappa shape index (κ3) is 5.40. The number of likely N-dealkylation sites (tertiary alicyclic amines) is 1. The molecule has 0 unspecified atom stereocenters. The van der Waals surface area contributed by atoms with Crippen LogP contribution in [0.25, 0.3) is 10.9 Å². The number of ether oxygens (including phenoxy) is 1. The molecule has 32 heavy (non-hydrogen) atoms. The van der Waals surface area contributed by atoms with Gasteiger partial charge in [-0.25, -0.2) is 4.39 Å². The highest BCUT2D eigenvalue weighted by Gasteiger charge is 2.34. The molecule has 5 nitrogen and oxygen atoms in total. The van der Waals surface area contributed by atoms with Crippen LogP contribution in [0, 0.1) is 17.8 Å². The predicted molar refractivity (Wildman–Crippen MR) is 124 cm³/mol. The summed E-state index contributed by atoms with van der Waals surface area (Å²) >= 11 is 0. The molecule has 0 amide bonds. The molecule has 3 atom stereocenters. The largest absolute Gasteiger partial charge is 0.497 e. The summed E-state index contributed by atoms with van der Waals surface area (Å²) in [4.78, 5) is 18.6. The van der Waals surface area contributed by atoms with E-state index < -0.39 is 18.1 Å². The van der Waals surface area contributed by atoms with E-state index in [0.29, 0.717) is 30.7 Å². The van der Waals surface area contributed by atoms with Crippen molar-refractivity contribution >= 4 is 16.9 Å². The molecule has 2 aromatic rings. The Balaban J connectivity index is 1.36. The highest BCUT2D eigenvalue weighted by molar-refractivity contribution is 5.83. The minimum Gasteiger partial charge on any atom is -0.497 e. The van der Waals surface area contributed by atoms with Crippen molar-refractivity contribution in [3.63, 3.8) is 0 Å². The van der Waals surface area contributed by atoms with Gasteiger partial charge in [-0.15, -0.1) is 0 Å². The van der Waals surface area contributed by atoms with Gasteiger partial charge in [-0.3, -0.25) is 9.78 Å². The summed E-state index contributed by atoms with van der Waals surface area (Å²) < 4.78 is 20.6. The van der Waals surface area contributed by atoms with Gasteiger partial charge < -0.3 is 14.7 Å². The third-order valence-corrected chi connectivity index (χ3v) is 7.60. The van der Waals surface area contributed by atoms with Gasteiger partial charge in [0.05, 0.1) is 18.5 Å². The number of carboxylic acids is 1. The Kier molecular flexibility index (Phi) is 7.61. The molecule has 2 heterocycles. The molecule has 1 aliphatic heterocycles. The van der Waals surface area contributed by atoms with Crippen molar-refractivity contribution in [2.24, 2.45) is 17.8 Å². The first-order valence-corrected chi connectivity index (χ1v) is 12.1. The van der Waals surface area contributed by atoms with Crippen LogP contribution in [0.3, 0.4) is 0 Å². The van der Waals surface area contributed by atoms with Crippen molar-refractivity contribution < 1.29 is 19.0 Å². The summed E-state index contributed by atoms with van der Waals surface area (Å²) in [5.41, 5.74) is 1.35. The van der Waals surface area contributed by atoms with Crippen LogP contribution in [-0.4, -0.2) is 47.7 Å². The fraction of sp³-hybridized carbons (Fsp3) is 0.615. The number of fused-ring (bicyclic) bond motifs is 1. The van der Waals surface area contributed by atoms with Gasteiger partial charge in [0.2, 0.25) is 0 Å². The van der Waals surface area contributed by atoms with E-state index in [9.17, 15) is 9.90 Å². The number of piperidine rings is 1. The van der Waals surface area contributed by atoms with Gasteiger partial charge in [-0.2, -0.15) is 0 Å². The molecule has 0 bridgehead atoms. The first kappa shape index (κ1) is 23.0. The number of halogens is 1. The fourth-order valence-corrected chi connectivity index (χ4v) is 5.62. The van der Waals surface area contributed by atoms with Gasteiger partial charge in [-0.1, -0.05) is 25.7 Å². The number of hydrogen-bond donors (Lipinski definition) is 1. The molecule has 2 aliphatic rings.